The van der Waals surface area contributed by atoms with Gasteiger partial charge in [0.25, 0.3) is 0 Å². The van der Waals surface area contributed by atoms with Crippen molar-refractivity contribution in [2.75, 3.05) is 6.61 Å². The highest BCUT2D eigenvalue weighted by Gasteiger charge is 2.15. The Bertz CT molecular complexity index is 491. The van der Waals surface area contributed by atoms with Crippen LogP contribution in [0.1, 0.15) is 31.3 Å². The molecule has 1 atom stereocenters. The lowest BCUT2D eigenvalue weighted by Crippen LogP contribution is -2.08. The topological polar surface area (TPSA) is 47.3 Å². The van der Waals surface area contributed by atoms with Crippen LogP contribution in [0.25, 0.3) is 0 Å². The van der Waals surface area contributed by atoms with E-state index in [-0.39, 0.29) is 0 Å². The zero-order valence-electron chi connectivity index (χ0n) is 10.7. The lowest BCUT2D eigenvalue weighted by molar-refractivity contribution is 0.204. The van der Waals surface area contributed by atoms with Crippen molar-refractivity contribution in [3.63, 3.8) is 0 Å². The van der Waals surface area contributed by atoms with Gasteiger partial charge in [0.2, 0.25) is 0 Å². The van der Waals surface area contributed by atoms with E-state index >= 15 is 0 Å². The average molecular weight is 246 g/mol. The van der Waals surface area contributed by atoms with E-state index in [0.29, 0.717) is 12.4 Å². The molecule has 0 saturated heterocycles. The number of hydrogen-bond acceptors (Lipinski definition) is 3. The van der Waals surface area contributed by atoms with Gasteiger partial charge < -0.3 is 14.4 Å². The molecule has 0 amide bonds. The van der Waals surface area contributed by atoms with Gasteiger partial charge in [0.05, 0.1) is 6.61 Å². The summed E-state index contributed by atoms with van der Waals surface area (Å²) in [6, 6.07) is 7.46. The number of aliphatic hydroxyl groups excluding tert-OH is 1. The maximum atomic E-state index is 10.3. The minimum Gasteiger partial charge on any atom is -0.494 e. The fourth-order valence-electron chi connectivity index (χ4n) is 1.90. The second-order valence-electron chi connectivity index (χ2n) is 3.98. The first-order valence-corrected chi connectivity index (χ1v) is 6.18. The first kappa shape index (κ1) is 12.6. The number of hydrogen-bond donors (Lipinski definition) is 1. The molecule has 0 spiro atoms. The van der Waals surface area contributed by atoms with Gasteiger partial charge in [0.15, 0.2) is 0 Å². The molecule has 0 aliphatic carbocycles. The van der Waals surface area contributed by atoms with Crippen LogP contribution < -0.4 is 4.74 Å². The number of benzene rings is 1. The van der Waals surface area contributed by atoms with Crippen molar-refractivity contribution in [1.82, 2.24) is 9.55 Å². The Morgan fingerprint density at radius 2 is 2.00 bits per heavy atom. The largest absolute Gasteiger partial charge is 0.494 e. The molecule has 0 fully saturated rings. The predicted octanol–water partition coefficient (Wildman–Crippen LogP) is 2.38. The normalized spacial score (nSPS) is 12.4. The highest BCUT2D eigenvalue weighted by molar-refractivity contribution is 5.31. The van der Waals surface area contributed by atoms with E-state index in [4.69, 9.17) is 4.74 Å². The van der Waals surface area contributed by atoms with E-state index in [1.54, 1.807) is 6.20 Å². The van der Waals surface area contributed by atoms with Crippen molar-refractivity contribution in [3.05, 3.63) is 48.0 Å². The van der Waals surface area contributed by atoms with E-state index in [1.165, 1.54) is 0 Å². The minimum atomic E-state index is -0.698. The van der Waals surface area contributed by atoms with Gasteiger partial charge in [0, 0.05) is 18.9 Å². The molecule has 0 saturated carbocycles. The van der Waals surface area contributed by atoms with Crippen LogP contribution in [0.15, 0.2) is 36.7 Å². The van der Waals surface area contributed by atoms with E-state index in [9.17, 15) is 5.11 Å². The number of rotatable bonds is 5. The number of ether oxygens (including phenoxy) is 1. The number of aryl methyl sites for hydroxylation is 1. The van der Waals surface area contributed by atoms with Gasteiger partial charge >= 0.3 is 0 Å². The molecule has 1 aromatic carbocycles. The highest BCUT2D eigenvalue weighted by atomic mass is 16.5. The molecule has 4 nitrogen and oxygen atoms in total. The molecule has 0 unspecified atom stereocenters. The van der Waals surface area contributed by atoms with Crippen molar-refractivity contribution < 1.29 is 9.84 Å². The van der Waals surface area contributed by atoms with E-state index in [2.05, 4.69) is 4.98 Å². The minimum absolute atomic E-state index is 0.641. The Kier molecular flexibility index (Phi) is 3.99. The zero-order valence-corrected chi connectivity index (χ0v) is 10.7. The van der Waals surface area contributed by atoms with Gasteiger partial charge in [-0.05, 0) is 31.5 Å². The fourth-order valence-corrected chi connectivity index (χ4v) is 1.90. The monoisotopic (exact) mass is 246 g/mol. The Labute approximate surface area is 107 Å². The Hall–Kier alpha value is -1.81. The summed E-state index contributed by atoms with van der Waals surface area (Å²) in [6.45, 7) is 5.41. The van der Waals surface area contributed by atoms with Gasteiger partial charge in [0.1, 0.15) is 17.7 Å². The summed E-state index contributed by atoms with van der Waals surface area (Å²) in [5.41, 5.74) is 0.819. The summed E-state index contributed by atoms with van der Waals surface area (Å²) in [5, 5.41) is 10.3. The average Bonchev–Trinajstić information content (AvgIpc) is 2.87. The Balaban J connectivity index is 2.20. The van der Waals surface area contributed by atoms with Crippen molar-refractivity contribution in [3.8, 4) is 5.75 Å². The smallest absolute Gasteiger partial charge is 0.142 e. The maximum Gasteiger partial charge on any atom is 0.142 e. The SMILES string of the molecule is CCOc1ccc([C@H](O)c2nccn2CC)cc1. The van der Waals surface area contributed by atoms with Gasteiger partial charge in [-0.2, -0.15) is 0 Å². The van der Waals surface area contributed by atoms with Crippen molar-refractivity contribution in [2.45, 2.75) is 26.5 Å². The molecule has 2 rings (SSSR count). The van der Waals surface area contributed by atoms with E-state index < -0.39 is 6.10 Å². The van der Waals surface area contributed by atoms with Crippen molar-refractivity contribution in [1.29, 1.82) is 0 Å². The number of nitrogens with zero attached hydrogens (tertiary/aromatic N) is 2. The number of imidazole rings is 1. The van der Waals surface area contributed by atoms with Crippen molar-refractivity contribution >= 4 is 0 Å². The Morgan fingerprint density at radius 1 is 1.28 bits per heavy atom. The molecule has 0 aliphatic rings. The summed E-state index contributed by atoms with van der Waals surface area (Å²) in [7, 11) is 0. The zero-order chi connectivity index (χ0) is 13.0. The first-order chi connectivity index (χ1) is 8.76. The second-order valence-corrected chi connectivity index (χ2v) is 3.98. The lowest BCUT2D eigenvalue weighted by Gasteiger charge is -2.13. The molecule has 2 aromatic rings. The quantitative estimate of drug-likeness (QED) is 0.881. The van der Waals surface area contributed by atoms with Crippen LogP contribution in [0.3, 0.4) is 0 Å². The summed E-state index contributed by atoms with van der Waals surface area (Å²) in [4.78, 5) is 4.20. The van der Waals surface area contributed by atoms with Crippen LogP contribution in [0.4, 0.5) is 0 Å². The molecule has 18 heavy (non-hydrogen) atoms. The number of aromatic nitrogens is 2. The highest BCUT2D eigenvalue weighted by Crippen LogP contribution is 2.22. The molecular formula is C14H18N2O2. The van der Waals surface area contributed by atoms with Crippen LogP contribution in [0.2, 0.25) is 0 Å². The third-order valence-corrected chi connectivity index (χ3v) is 2.84. The molecule has 0 radical (unpaired) electrons. The third-order valence-electron chi connectivity index (χ3n) is 2.84. The summed E-state index contributed by atoms with van der Waals surface area (Å²) in [6.07, 6.45) is 2.87. The third kappa shape index (κ3) is 2.54. The molecule has 4 heteroatoms. The predicted molar refractivity (Wildman–Crippen MR) is 69.6 cm³/mol. The molecule has 1 N–H and O–H groups in total. The second kappa shape index (κ2) is 5.69. The van der Waals surface area contributed by atoms with Crippen LogP contribution in [0.5, 0.6) is 5.75 Å². The van der Waals surface area contributed by atoms with Gasteiger partial charge in [-0.15, -0.1) is 0 Å². The van der Waals surface area contributed by atoms with E-state index in [1.807, 2.05) is 48.9 Å². The summed E-state index contributed by atoms with van der Waals surface area (Å²) >= 11 is 0. The molecular weight excluding hydrogens is 228 g/mol. The molecule has 0 bridgehead atoms. The van der Waals surface area contributed by atoms with Crippen LogP contribution in [-0.4, -0.2) is 21.3 Å². The molecule has 1 aromatic heterocycles. The first-order valence-electron chi connectivity index (χ1n) is 6.18. The van der Waals surface area contributed by atoms with Gasteiger partial charge in [-0.3, -0.25) is 0 Å². The van der Waals surface area contributed by atoms with Crippen LogP contribution >= 0.6 is 0 Å². The Morgan fingerprint density at radius 3 is 2.61 bits per heavy atom. The van der Waals surface area contributed by atoms with Crippen molar-refractivity contribution in [2.24, 2.45) is 0 Å². The summed E-state index contributed by atoms with van der Waals surface area (Å²) < 4.78 is 7.31. The maximum absolute atomic E-state index is 10.3. The van der Waals surface area contributed by atoms with E-state index in [0.717, 1.165) is 17.9 Å². The molecule has 0 aliphatic heterocycles. The summed E-state index contributed by atoms with van der Waals surface area (Å²) in [5.74, 6) is 1.48. The lowest BCUT2D eigenvalue weighted by atomic mass is 10.1. The number of aliphatic hydroxyl groups is 1. The standard InChI is InChI=1S/C14H18N2O2/c1-3-16-10-9-15-14(16)13(17)11-5-7-12(8-6-11)18-4-2/h5-10,13,17H,3-4H2,1-2H3/t13-/m0/s1. The molecule has 96 valence electrons. The van der Waals surface area contributed by atoms with Gasteiger partial charge in [-0.25, -0.2) is 4.98 Å². The van der Waals surface area contributed by atoms with Crippen LogP contribution in [-0.2, 0) is 6.54 Å². The van der Waals surface area contributed by atoms with Gasteiger partial charge in [-0.1, -0.05) is 12.1 Å². The molecule has 1 heterocycles. The van der Waals surface area contributed by atoms with Crippen LogP contribution in [0, 0.1) is 0 Å². The fraction of sp³-hybridized carbons (Fsp3) is 0.357.